The van der Waals surface area contributed by atoms with E-state index in [9.17, 15) is 8.78 Å². The fraction of sp³-hybridized carbons (Fsp3) is 0.357. The van der Waals surface area contributed by atoms with Gasteiger partial charge in [-0.05, 0) is 43.9 Å². The van der Waals surface area contributed by atoms with Crippen LogP contribution in [0.25, 0.3) is 0 Å². The Hall–Kier alpha value is -1.71. The number of aryl methyl sites for hydroxylation is 1. The second-order valence-electron chi connectivity index (χ2n) is 4.71. The minimum absolute atomic E-state index is 0.353. The molecule has 94 valence electrons. The number of imidazole rings is 1. The van der Waals surface area contributed by atoms with E-state index >= 15 is 0 Å². The zero-order chi connectivity index (χ0) is 12.5. The van der Waals surface area contributed by atoms with E-state index in [4.69, 9.17) is 0 Å². The van der Waals surface area contributed by atoms with Gasteiger partial charge in [0.05, 0.1) is 18.6 Å². The summed E-state index contributed by atoms with van der Waals surface area (Å²) in [5.74, 6) is -0.768. The second-order valence-corrected chi connectivity index (χ2v) is 4.71. The van der Waals surface area contributed by atoms with Gasteiger partial charge in [-0.15, -0.1) is 0 Å². The van der Waals surface area contributed by atoms with Crippen LogP contribution in [0.4, 0.5) is 8.78 Å². The summed E-state index contributed by atoms with van der Waals surface area (Å²) in [6.07, 6.45) is 6.02. The van der Waals surface area contributed by atoms with Crippen molar-refractivity contribution in [2.75, 3.05) is 0 Å². The van der Waals surface area contributed by atoms with E-state index in [0.717, 1.165) is 31.0 Å². The molecule has 0 saturated heterocycles. The van der Waals surface area contributed by atoms with Crippen molar-refractivity contribution in [1.82, 2.24) is 9.55 Å². The van der Waals surface area contributed by atoms with Crippen LogP contribution in [0.5, 0.6) is 0 Å². The topological polar surface area (TPSA) is 17.8 Å². The molecule has 0 unspecified atom stereocenters. The molecular formula is C14H14F2N2. The molecule has 0 aliphatic heterocycles. The Bertz CT molecular complexity index is 575. The number of aromatic nitrogens is 2. The van der Waals surface area contributed by atoms with Crippen LogP contribution in [-0.2, 0) is 19.4 Å². The normalized spacial score (nSPS) is 14.6. The van der Waals surface area contributed by atoms with Crippen molar-refractivity contribution >= 4 is 0 Å². The SMILES string of the molecule is Fc1ccc(F)c(Cn2cnc3c2CCCC3)c1. The van der Waals surface area contributed by atoms with Crippen molar-refractivity contribution in [2.45, 2.75) is 32.2 Å². The fourth-order valence-electron chi connectivity index (χ4n) is 2.52. The third-order valence-corrected chi connectivity index (χ3v) is 3.46. The smallest absolute Gasteiger partial charge is 0.128 e. The molecule has 0 N–H and O–H groups in total. The van der Waals surface area contributed by atoms with Crippen molar-refractivity contribution in [3.05, 3.63) is 53.1 Å². The Labute approximate surface area is 104 Å². The summed E-state index contributed by atoms with van der Waals surface area (Å²) in [5.41, 5.74) is 2.66. The molecule has 2 aromatic rings. The molecule has 1 aromatic heterocycles. The summed E-state index contributed by atoms with van der Waals surface area (Å²) in [4.78, 5) is 4.35. The second kappa shape index (κ2) is 4.52. The molecule has 1 heterocycles. The lowest BCUT2D eigenvalue weighted by Gasteiger charge is -2.14. The molecule has 18 heavy (non-hydrogen) atoms. The number of benzene rings is 1. The Balaban J connectivity index is 1.92. The molecule has 4 heteroatoms. The number of nitrogens with zero attached hydrogens (tertiary/aromatic N) is 2. The standard InChI is InChI=1S/C14H14F2N2/c15-11-5-6-12(16)10(7-11)8-18-9-17-13-3-1-2-4-14(13)18/h5-7,9H,1-4,8H2. The number of hydrogen-bond acceptors (Lipinski definition) is 1. The third kappa shape index (κ3) is 2.03. The zero-order valence-electron chi connectivity index (χ0n) is 10.00. The van der Waals surface area contributed by atoms with Crippen LogP contribution >= 0.6 is 0 Å². The monoisotopic (exact) mass is 248 g/mol. The highest BCUT2D eigenvalue weighted by atomic mass is 19.1. The molecule has 3 rings (SSSR count). The molecule has 1 aromatic carbocycles. The van der Waals surface area contributed by atoms with Crippen molar-refractivity contribution in [3.63, 3.8) is 0 Å². The van der Waals surface area contributed by atoms with Crippen LogP contribution in [0.2, 0.25) is 0 Å². The van der Waals surface area contributed by atoms with Crippen molar-refractivity contribution in [2.24, 2.45) is 0 Å². The van der Waals surface area contributed by atoms with Gasteiger partial charge < -0.3 is 4.57 Å². The summed E-state index contributed by atoms with van der Waals surface area (Å²) < 4.78 is 28.7. The summed E-state index contributed by atoms with van der Waals surface area (Å²) in [7, 11) is 0. The highest BCUT2D eigenvalue weighted by Crippen LogP contribution is 2.21. The maximum Gasteiger partial charge on any atom is 0.128 e. The van der Waals surface area contributed by atoms with Gasteiger partial charge in [-0.25, -0.2) is 13.8 Å². The maximum absolute atomic E-state index is 13.6. The van der Waals surface area contributed by atoms with Crippen LogP contribution in [0.1, 0.15) is 29.8 Å². The molecule has 0 atom stereocenters. The molecule has 1 aliphatic carbocycles. The average Bonchev–Trinajstić information content (AvgIpc) is 2.78. The van der Waals surface area contributed by atoms with Crippen LogP contribution in [0.3, 0.4) is 0 Å². The number of halogens is 2. The van der Waals surface area contributed by atoms with Crippen LogP contribution in [0.15, 0.2) is 24.5 Å². The van der Waals surface area contributed by atoms with E-state index < -0.39 is 5.82 Å². The van der Waals surface area contributed by atoms with Gasteiger partial charge >= 0.3 is 0 Å². The van der Waals surface area contributed by atoms with E-state index in [-0.39, 0.29) is 5.82 Å². The van der Waals surface area contributed by atoms with E-state index in [1.807, 2.05) is 4.57 Å². The molecule has 0 spiro atoms. The Morgan fingerprint density at radius 3 is 2.89 bits per heavy atom. The maximum atomic E-state index is 13.6. The third-order valence-electron chi connectivity index (χ3n) is 3.46. The molecule has 0 radical (unpaired) electrons. The summed E-state index contributed by atoms with van der Waals surface area (Å²) in [5, 5.41) is 0. The first kappa shape index (κ1) is 11.4. The van der Waals surface area contributed by atoms with Crippen molar-refractivity contribution in [3.8, 4) is 0 Å². The van der Waals surface area contributed by atoms with Gasteiger partial charge in [0.1, 0.15) is 11.6 Å². The highest BCUT2D eigenvalue weighted by molar-refractivity contribution is 5.22. The van der Waals surface area contributed by atoms with Crippen molar-refractivity contribution in [1.29, 1.82) is 0 Å². The molecule has 0 bridgehead atoms. The average molecular weight is 248 g/mol. The largest absolute Gasteiger partial charge is 0.330 e. The first-order valence-electron chi connectivity index (χ1n) is 6.21. The van der Waals surface area contributed by atoms with Gasteiger partial charge in [0, 0.05) is 11.3 Å². The van der Waals surface area contributed by atoms with Gasteiger partial charge in [0.15, 0.2) is 0 Å². The Morgan fingerprint density at radius 2 is 2.00 bits per heavy atom. The number of fused-ring (bicyclic) bond motifs is 1. The summed E-state index contributed by atoms with van der Waals surface area (Å²) in [6, 6.07) is 3.57. The molecule has 0 fully saturated rings. The molecular weight excluding hydrogens is 234 g/mol. The van der Waals surface area contributed by atoms with Crippen LogP contribution in [0, 0.1) is 11.6 Å². The lowest BCUT2D eigenvalue weighted by Crippen LogP contribution is -2.10. The minimum atomic E-state index is -0.402. The van der Waals surface area contributed by atoms with Crippen LogP contribution < -0.4 is 0 Å². The first-order chi connectivity index (χ1) is 8.74. The fourth-order valence-corrected chi connectivity index (χ4v) is 2.52. The Kier molecular flexibility index (Phi) is 2.86. The van der Waals surface area contributed by atoms with E-state index in [1.165, 1.54) is 24.2 Å². The predicted molar refractivity (Wildman–Crippen MR) is 64.3 cm³/mol. The van der Waals surface area contributed by atoms with E-state index in [2.05, 4.69) is 4.98 Å². The highest BCUT2D eigenvalue weighted by Gasteiger charge is 2.16. The van der Waals surface area contributed by atoms with Gasteiger partial charge in [-0.1, -0.05) is 0 Å². The van der Waals surface area contributed by atoms with Crippen LogP contribution in [-0.4, -0.2) is 9.55 Å². The van der Waals surface area contributed by atoms with Crippen molar-refractivity contribution < 1.29 is 8.78 Å². The quantitative estimate of drug-likeness (QED) is 0.798. The van der Waals surface area contributed by atoms with Gasteiger partial charge in [0.2, 0.25) is 0 Å². The lowest BCUT2D eigenvalue weighted by molar-refractivity contribution is 0.568. The molecule has 2 nitrogen and oxygen atoms in total. The van der Waals surface area contributed by atoms with E-state index in [1.54, 1.807) is 6.33 Å². The number of rotatable bonds is 2. The summed E-state index contributed by atoms with van der Waals surface area (Å²) in [6.45, 7) is 0.353. The first-order valence-corrected chi connectivity index (χ1v) is 6.21. The molecule has 0 saturated carbocycles. The minimum Gasteiger partial charge on any atom is -0.330 e. The Morgan fingerprint density at radius 1 is 1.17 bits per heavy atom. The number of hydrogen-bond donors (Lipinski definition) is 0. The van der Waals surface area contributed by atoms with E-state index in [0.29, 0.717) is 12.1 Å². The van der Waals surface area contributed by atoms with Gasteiger partial charge in [-0.2, -0.15) is 0 Å². The lowest BCUT2D eigenvalue weighted by atomic mass is 10.0. The zero-order valence-corrected chi connectivity index (χ0v) is 10.00. The summed E-state index contributed by atoms with van der Waals surface area (Å²) >= 11 is 0. The molecule has 1 aliphatic rings. The molecule has 0 amide bonds. The predicted octanol–water partition coefficient (Wildman–Crippen LogP) is 3.09. The van der Waals surface area contributed by atoms with Gasteiger partial charge in [0.25, 0.3) is 0 Å². The van der Waals surface area contributed by atoms with Gasteiger partial charge in [-0.3, -0.25) is 0 Å².